The van der Waals surface area contributed by atoms with E-state index < -0.39 is 0 Å². The van der Waals surface area contributed by atoms with E-state index >= 15 is 0 Å². The highest BCUT2D eigenvalue weighted by molar-refractivity contribution is 5.25. The molecule has 0 radical (unpaired) electrons. The zero-order valence-electron chi connectivity index (χ0n) is 11.5. The van der Waals surface area contributed by atoms with E-state index in [1.54, 1.807) is 0 Å². The van der Waals surface area contributed by atoms with Crippen LogP contribution in [-0.4, -0.2) is 0 Å². The van der Waals surface area contributed by atoms with Gasteiger partial charge in [-0.1, -0.05) is 50.6 Å². The van der Waals surface area contributed by atoms with Gasteiger partial charge in [0.25, 0.3) is 0 Å². The van der Waals surface area contributed by atoms with Crippen LogP contribution in [0, 0.1) is 24.2 Å². The molecule has 0 bridgehead atoms. The molecule has 1 aliphatic rings. The Bertz CT molecular complexity index is 377. The maximum atomic E-state index is 6.46. The highest BCUT2D eigenvalue weighted by Gasteiger charge is 2.41. The highest BCUT2D eigenvalue weighted by Crippen LogP contribution is 2.49. The smallest absolute Gasteiger partial charge is 0.0326 e. The Morgan fingerprint density at radius 1 is 1.24 bits per heavy atom. The summed E-state index contributed by atoms with van der Waals surface area (Å²) >= 11 is 0. The van der Waals surface area contributed by atoms with E-state index in [0.717, 1.165) is 0 Å². The lowest BCUT2D eigenvalue weighted by atomic mass is 9.77. The molecule has 0 spiro atoms. The Morgan fingerprint density at radius 2 is 1.82 bits per heavy atom. The lowest BCUT2D eigenvalue weighted by Gasteiger charge is -2.30. The summed E-state index contributed by atoms with van der Waals surface area (Å²) in [6.07, 6.45) is 2.57. The average molecular weight is 231 g/mol. The number of aryl methyl sites for hydroxylation is 1. The molecule has 1 aromatic carbocycles. The molecule has 0 heterocycles. The van der Waals surface area contributed by atoms with Crippen molar-refractivity contribution in [1.29, 1.82) is 0 Å². The maximum Gasteiger partial charge on any atom is 0.0326 e. The van der Waals surface area contributed by atoms with Crippen molar-refractivity contribution in [3.8, 4) is 0 Å². The number of hydrogen-bond donors (Lipinski definition) is 1. The summed E-state index contributed by atoms with van der Waals surface area (Å²) in [5.74, 6) is 1.34. The summed E-state index contributed by atoms with van der Waals surface area (Å²) in [6, 6.07) is 8.92. The van der Waals surface area contributed by atoms with Crippen molar-refractivity contribution in [2.24, 2.45) is 23.0 Å². The predicted molar refractivity (Wildman–Crippen MR) is 73.8 cm³/mol. The molecule has 1 aromatic rings. The second-order valence-electron chi connectivity index (χ2n) is 6.42. The lowest BCUT2D eigenvalue weighted by molar-refractivity contribution is 0.220. The molecule has 17 heavy (non-hydrogen) atoms. The molecule has 1 nitrogen and oxygen atoms in total. The number of rotatable bonds is 2. The third-order valence-electron chi connectivity index (χ3n) is 4.92. The molecular weight excluding hydrogens is 206 g/mol. The fourth-order valence-corrected chi connectivity index (χ4v) is 3.12. The van der Waals surface area contributed by atoms with Gasteiger partial charge in [0.1, 0.15) is 0 Å². The Labute approximate surface area is 105 Å². The Morgan fingerprint density at radius 3 is 2.29 bits per heavy atom. The molecule has 94 valence electrons. The van der Waals surface area contributed by atoms with Crippen molar-refractivity contribution in [3.05, 3.63) is 35.4 Å². The van der Waals surface area contributed by atoms with Gasteiger partial charge in [0.2, 0.25) is 0 Å². The normalized spacial score (nSPS) is 29.2. The van der Waals surface area contributed by atoms with E-state index in [9.17, 15) is 0 Å². The van der Waals surface area contributed by atoms with Gasteiger partial charge in [-0.3, -0.25) is 0 Å². The molecule has 3 atom stereocenters. The van der Waals surface area contributed by atoms with Gasteiger partial charge in [-0.2, -0.15) is 0 Å². The molecule has 2 N–H and O–H groups in total. The van der Waals surface area contributed by atoms with E-state index in [2.05, 4.69) is 52.0 Å². The summed E-state index contributed by atoms with van der Waals surface area (Å²) < 4.78 is 0. The van der Waals surface area contributed by atoms with E-state index in [1.165, 1.54) is 24.0 Å². The van der Waals surface area contributed by atoms with Crippen LogP contribution in [0.5, 0.6) is 0 Å². The summed E-state index contributed by atoms with van der Waals surface area (Å²) in [6.45, 7) is 9.24. The molecule has 1 saturated carbocycles. The van der Waals surface area contributed by atoms with E-state index in [-0.39, 0.29) is 6.04 Å². The molecular formula is C16H25N. The molecule has 0 aromatic heterocycles. The monoisotopic (exact) mass is 231 g/mol. The minimum absolute atomic E-state index is 0.201. The van der Waals surface area contributed by atoms with Gasteiger partial charge in [-0.25, -0.2) is 0 Å². The van der Waals surface area contributed by atoms with E-state index in [4.69, 9.17) is 5.73 Å². The quantitative estimate of drug-likeness (QED) is 0.816. The fraction of sp³-hybridized carbons (Fsp3) is 0.625. The molecule has 2 rings (SSSR count). The largest absolute Gasteiger partial charge is 0.324 e. The van der Waals surface area contributed by atoms with Gasteiger partial charge >= 0.3 is 0 Å². The maximum absolute atomic E-state index is 6.46. The summed E-state index contributed by atoms with van der Waals surface area (Å²) in [4.78, 5) is 0. The summed E-state index contributed by atoms with van der Waals surface area (Å²) in [5, 5.41) is 0. The third kappa shape index (κ3) is 2.40. The van der Waals surface area contributed by atoms with Crippen LogP contribution in [0.25, 0.3) is 0 Å². The van der Waals surface area contributed by atoms with E-state index in [0.29, 0.717) is 17.3 Å². The fourth-order valence-electron chi connectivity index (χ4n) is 3.12. The molecule has 1 heteroatoms. The molecule has 1 fully saturated rings. The van der Waals surface area contributed by atoms with Gasteiger partial charge in [-0.05, 0) is 42.6 Å². The Hall–Kier alpha value is -0.820. The van der Waals surface area contributed by atoms with Crippen LogP contribution >= 0.6 is 0 Å². The first-order chi connectivity index (χ1) is 7.92. The molecule has 0 amide bonds. The van der Waals surface area contributed by atoms with Crippen molar-refractivity contribution in [2.75, 3.05) is 0 Å². The highest BCUT2D eigenvalue weighted by atomic mass is 14.7. The van der Waals surface area contributed by atoms with Crippen LogP contribution in [-0.2, 0) is 0 Å². The second-order valence-corrected chi connectivity index (χ2v) is 6.42. The zero-order valence-corrected chi connectivity index (χ0v) is 11.5. The Kier molecular flexibility index (Phi) is 3.31. The SMILES string of the molecule is Cc1ccc(C(N)C2CCC(C)(C)C2C)cc1. The van der Waals surface area contributed by atoms with Crippen LogP contribution < -0.4 is 5.73 Å². The summed E-state index contributed by atoms with van der Waals surface area (Å²) in [5.41, 5.74) is 9.52. The third-order valence-corrected chi connectivity index (χ3v) is 4.92. The standard InChI is InChI=1S/C16H25N/c1-11-5-7-13(8-6-11)15(17)14-9-10-16(3,4)12(14)2/h5-8,12,14-15H,9-10,17H2,1-4H3. The predicted octanol–water partition coefficient (Wildman–Crippen LogP) is 4.07. The van der Waals surface area contributed by atoms with Crippen LogP contribution in [0.2, 0.25) is 0 Å². The van der Waals surface area contributed by atoms with Crippen molar-refractivity contribution in [1.82, 2.24) is 0 Å². The first-order valence-corrected chi connectivity index (χ1v) is 6.74. The lowest BCUT2D eigenvalue weighted by Crippen LogP contribution is -2.27. The van der Waals surface area contributed by atoms with Gasteiger partial charge in [0.05, 0.1) is 0 Å². The minimum atomic E-state index is 0.201. The van der Waals surface area contributed by atoms with Crippen LogP contribution in [0.15, 0.2) is 24.3 Å². The topological polar surface area (TPSA) is 26.0 Å². The molecule has 3 unspecified atom stereocenters. The van der Waals surface area contributed by atoms with Gasteiger partial charge in [0, 0.05) is 6.04 Å². The summed E-state index contributed by atoms with van der Waals surface area (Å²) in [7, 11) is 0. The van der Waals surface area contributed by atoms with Gasteiger partial charge in [-0.15, -0.1) is 0 Å². The number of benzene rings is 1. The minimum Gasteiger partial charge on any atom is -0.324 e. The van der Waals surface area contributed by atoms with Crippen LogP contribution in [0.4, 0.5) is 0 Å². The zero-order chi connectivity index (χ0) is 12.6. The van der Waals surface area contributed by atoms with Crippen LogP contribution in [0.3, 0.4) is 0 Å². The first kappa shape index (κ1) is 12.6. The van der Waals surface area contributed by atoms with E-state index in [1.807, 2.05) is 0 Å². The van der Waals surface area contributed by atoms with Crippen molar-refractivity contribution in [2.45, 2.75) is 46.6 Å². The molecule has 1 aliphatic carbocycles. The molecule has 0 saturated heterocycles. The second kappa shape index (κ2) is 4.45. The van der Waals surface area contributed by atoms with Crippen molar-refractivity contribution < 1.29 is 0 Å². The van der Waals surface area contributed by atoms with Gasteiger partial charge in [0.15, 0.2) is 0 Å². The van der Waals surface area contributed by atoms with Crippen LogP contribution in [0.1, 0.15) is 50.8 Å². The average Bonchev–Trinajstić information content (AvgIpc) is 2.55. The first-order valence-electron chi connectivity index (χ1n) is 6.74. The molecule has 0 aliphatic heterocycles. The Balaban J connectivity index is 2.16. The van der Waals surface area contributed by atoms with Crippen molar-refractivity contribution in [3.63, 3.8) is 0 Å². The number of nitrogens with two attached hydrogens (primary N) is 1. The van der Waals surface area contributed by atoms with Crippen molar-refractivity contribution >= 4 is 0 Å². The van der Waals surface area contributed by atoms with Gasteiger partial charge < -0.3 is 5.73 Å². The number of hydrogen-bond acceptors (Lipinski definition) is 1.